The van der Waals surface area contributed by atoms with Gasteiger partial charge in [-0.2, -0.15) is 0 Å². The van der Waals surface area contributed by atoms with Crippen molar-refractivity contribution in [3.63, 3.8) is 0 Å². The van der Waals surface area contributed by atoms with E-state index in [9.17, 15) is 14.0 Å². The second-order valence-corrected chi connectivity index (χ2v) is 7.23. The number of hydrogen-bond acceptors (Lipinski definition) is 3. The summed E-state index contributed by atoms with van der Waals surface area (Å²) in [5, 5.41) is 2.92. The zero-order valence-electron chi connectivity index (χ0n) is 16.2. The topological polar surface area (TPSA) is 58.6 Å². The van der Waals surface area contributed by atoms with Crippen LogP contribution < -0.4 is 10.1 Å². The highest BCUT2D eigenvalue weighted by atomic mass is 19.1. The quantitative estimate of drug-likeness (QED) is 0.844. The number of nitrogens with one attached hydrogen (secondary N) is 1. The van der Waals surface area contributed by atoms with Gasteiger partial charge < -0.3 is 15.0 Å². The zero-order valence-corrected chi connectivity index (χ0v) is 16.2. The van der Waals surface area contributed by atoms with Gasteiger partial charge in [-0.05, 0) is 63.1 Å². The summed E-state index contributed by atoms with van der Waals surface area (Å²) in [5.74, 6) is -0.310. The number of nitrogens with zero attached hydrogens (tertiary/aromatic N) is 1. The number of likely N-dealkylation sites (tertiary alicyclic amines) is 1. The van der Waals surface area contributed by atoms with Crippen LogP contribution in [0, 0.1) is 11.7 Å². The largest absolute Gasteiger partial charge is 0.491 e. The second kappa shape index (κ2) is 8.87. The molecule has 1 heterocycles. The molecule has 0 unspecified atom stereocenters. The van der Waals surface area contributed by atoms with Gasteiger partial charge in [0.05, 0.1) is 11.7 Å². The van der Waals surface area contributed by atoms with Gasteiger partial charge in [0.1, 0.15) is 11.6 Å². The molecular weight excluding hydrogens is 359 g/mol. The minimum Gasteiger partial charge on any atom is -0.491 e. The molecule has 1 aliphatic rings. The molecule has 1 N–H and O–H groups in total. The van der Waals surface area contributed by atoms with E-state index in [4.69, 9.17) is 4.74 Å². The average Bonchev–Trinajstić information content (AvgIpc) is 2.69. The highest BCUT2D eigenvalue weighted by Gasteiger charge is 2.28. The van der Waals surface area contributed by atoms with Gasteiger partial charge in [0.25, 0.3) is 5.91 Å². The lowest BCUT2D eigenvalue weighted by atomic mass is 9.95. The Bertz CT molecular complexity index is 828. The van der Waals surface area contributed by atoms with Gasteiger partial charge in [0.2, 0.25) is 5.91 Å². The Morgan fingerprint density at radius 2 is 1.71 bits per heavy atom. The Morgan fingerprint density at radius 1 is 1.07 bits per heavy atom. The molecule has 1 fully saturated rings. The Labute approximate surface area is 164 Å². The van der Waals surface area contributed by atoms with Crippen LogP contribution in [0.5, 0.6) is 5.75 Å². The van der Waals surface area contributed by atoms with E-state index in [0.717, 1.165) is 5.75 Å². The van der Waals surface area contributed by atoms with Gasteiger partial charge >= 0.3 is 0 Å². The third kappa shape index (κ3) is 4.88. The molecule has 0 saturated carbocycles. The number of anilines is 1. The molecule has 28 heavy (non-hydrogen) atoms. The number of halogens is 1. The summed E-state index contributed by atoms with van der Waals surface area (Å²) in [4.78, 5) is 26.6. The van der Waals surface area contributed by atoms with Crippen molar-refractivity contribution in [1.29, 1.82) is 0 Å². The van der Waals surface area contributed by atoms with E-state index in [1.54, 1.807) is 17.0 Å². The number of carbonyl (C=O) groups excluding carboxylic acids is 2. The summed E-state index contributed by atoms with van der Waals surface area (Å²) in [5.41, 5.74) is 0.792. The molecule has 0 bridgehead atoms. The Kier molecular flexibility index (Phi) is 6.29. The maximum absolute atomic E-state index is 13.8. The fourth-order valence-electron chi connectivity index (χ4n) is 3.28. The molecule has 1 aliphatic heterocycles. The molecule has 0 radical (unpaired) electrons. The molecule has 0 spiro atoms. The monoisotopic (exact) mass is 384 g/mol. The molecule has 2 aromatic rings. The van der Waals surface area contributed by atoms with Gasteiger partial charge in [-0.1, -0.05) is 12.1 Å². The minimum absolute atomic E-state index is 0.0597. The summed E-state index contributed by atoms with van der Waals surface area (Å²) in [6.07, 6.45) is 1.21. The Hall–Kier alpha value is -2.89. The highest BCUT2D eigenvalue weighted by molar-refractivity contribution is 5.95. The fourth-order valence-corrected chi connectivity index (χ4v) is 3.28. The first kappa shape index (κ1) is 19.9. The molecule has 5 nitrogen and oxygen atoms in total. The van der Waals surface area contributed by atoms with Crippen molar-refractivity contribution < 1.29 is 18.7 Å². The van der Waals surface area contributed by atoms with Crippen molar-refractivity contribution in [2.45, 2.75) is 32.8 Å². The maximum Gasteiger partial charge on any atom is 0.256 e. The van der Waals surface area contributed by atoms with Crippen LogP contribution in [-0.4, -0.2) is 35.9 Å². The third-order valence-corrected chi connectivity index (χ3v) is 4.75. The van der Waals surface area contributed by atoms with Gasteiger partial charge in [0, 0.05) is 24.7 Å². The first-order valence-corrected chi connectivity index (χ1v) is 9.55. The van der Waals surface area contributed by atoms with Crippen LogP contribution in [0.25, 0.3) is 0 Å². The molecule has 0 aromatic heterocycles. The summed E-state index contributed by atoms with van der Waals surface area (Å²) in [6, 6.07) is 13.3. The maximum atomic E-state index is 13.8. The average molecular weight is 384 g/mol. The standard InChI is InChI=1S/C22H25FN2O3/c1-15(2)28-18-9-7-17(8-10-18)24-21(26)16-11-13-25(14-12-16)22(27)19-5-3-4-6-20(19)23/h3-10,15-16H,11-14H2,1-2H3,(H,24,26). The number of rotatable bonds is 5. The van der Waals surface area contributed by atoms with Crippen molar-refractivity contribution in [3.05, 3.63) is 59.9 Å². The normalized spacial score (nSPS) is 14.8. The molecular formula is C22H25FN2O3. The number of benzene rings is 2. The van der Waals surface area contributed by atoms with Crippen LogP contribution >= 0.6 is 0 Å². The summed E-state index contributed by atoms with van der Waals surface area (Å²) in [6.45, 7) is 4.79. The van der Waals surface area contributed by atoms with Gasteiger partial charge in [-0.3, -0.25) is 9.59 Å². The Morgan fingerprint density at radius 3 is 2.32 bits per heavy atom. The molecule has 1 saturated heterocycles. The summed E-state index contributed by atoms with van der Waals surface area (Å²) >= 11 is 0. The molecule has 0 aliphatic carbocycles. The van der Waals surface area contributed by atoms with E-state index in [0.29, 0.717) is 31.6 Å². The lowest BCUT2D eigenvalue weighted by molar-refractivity contribution is -0.121. The second-order valence-electron chi connectivity index (χ2n) is 7.23. The smallest absolute Gasteiger partial charge is 0.256 e. The number of carbonyl (C=O) groups is 2. The van der Waals surface area contributed by atoms with Crippen molar-refractivity contribution in [1.82, 2.24) is 4.90 Å². The van der Waals surface area contributed by atoms with Crippen LogP contribution in [0.2, 0.25) is 0 Å². The fraction of sp³-hybridized carbons (Fsp3) is 0.364. The van der Waals surface area contributed by atoms with E-state index in [1.807, 2.05) is 38.1 Å². The van der Waals surface area contributed by atoms with E-state index in [1.165, 1.54) is 12.1 Å². The van der Waals surface area contributed by atoms with E-state index in [-0.39, 0.29) is 29.4 Å². The van der Waals surface area contributed by atoms with Crippen LogP contribution in [0.15, 0.2) is 48.5 Å². The first-order chi connectivity index (χ1) is 13.4. The molecule has 2 aromatic carbocycles. The molecule has 2 amide bonds. The predicted molar refractivity (Wildman–Crippen MR) is 106 cm³/mol. The van der Waals surface area contributed by atoms with Crippen LogP contribution in [0.3, 0.4) is 0 Å². The highest BCUT2D eigenvalue weighted by Crippen LogP contribution is 2.23. The van der Waals surface area contributed by atoms with E-state index >= 15 is 0 Å². The van der Waals surface area contributed by atoms with Crippen molar-refractivity contribution in [2.75, 3.05) is 18.4 Å². The molecule has 0 atom stereocenters. The van der Waals surface area contributed by atoms with Gasteiger partial charge in [-0.15, -0.1) is 0 Å². The SMILES string of the molecule is CC(C)Oc1ccc(NC(=O)C2CCN(C(=O)c3ccccc3F)CC2)cc1. The minimum atomic E-state index is -0.516. The Balaban J connectivity index is 1.52. The number of amides is 2. The summed E-state index contributed by atoms with van der Waals surface area (Å²) in [7, 11) is 0. The van der Waals surface area contributed by atoms with Crippen molar-refractivity contribution in [2.24, 2.45) is 5.92 Å². The van der Waals surface area contributed by atoms with Gasteiger partial charge in [-0.25, -0.2) is 4.39 Å². The van der Waals surface area contributed by atoms with E-state index < -0.39 is 5.82 Å². The van der Waals surface area contributed by atoms with Gasteiger partial charge in [0.15, 0.2) is 0 Å². The number of hydrogen-bond donors (Lipinski definition) is 1. The molecule has 6 heteroatoms. The molecule has 148 valence electrons. The predicted octanol–water partition coefficient (Wildman–Crippen LogP) is 4.10. The number of ether oxygens (including phenoxy) is 1. The number of piperidine rings is 1. The lowest BCUT2D eigenvalue weighted by Gasteiger charge is -2.31. The zero-order chi connectivity index (χ0) is 20.1. The van der Waals surface area contributed by atoms with Crippen molar-refractivity contribution >= 4 is 17.5 Å². The molecule has 3 rings (SSSR count). The lowest BCUT2D eigenvalue weighted by Crippen LogP contribution is -2.41. The third-order valence-electron chi connectivity index (χ3n) is 4.75. The van der Waals surface area contributed by atoms with Crippen LogP contribution in [-0.2, 0) is 4.79 Å². The van der Waals surface area contributed by atoms with Crippen LogP contribution in [0.1, 0.15) is 37.0 Å². The van der Waals surface area contributed by atoms with Crippen molar-refractivity contribution in [3.8, 4) is 5.75 Å². The summed E-state index contributed by atoms with van der Waals surface area (Å²) < 4.78 is 19.4. The first-order valence-electron chi connectivity index (χ1n) is 9.55. The van der Waals surface area contributed by atoms with E-state index in [2.05, 4.69) is 5.32 Å². The van der Waals surface area contributed by atoms with Crippen LogP contribution in [0.4, 0.5) is 10.1 Å².